The van der Waals surface area contributed by atoms with Crippen LogP contribution in [0, 0.1) is 0 Å². The zero-order valence-electron chi connectivity index (χ0n) is 11.2. The molecular weight excluding hydrogens is 226 g/mol. The third kappa shape index (κ3) is 6.13. The van der Waals surface area contributed by atoms with Crippen molar-refractivity contribution >= 4 is 11.8 Å². The number of hydrogen-bond acceptors (Lipinski definition) is 2. The van der Waals surface area contributed by atoms with Crippen LogP contribution in [-0.4, -0.2) is 18.6 Å². The van der Waals surface area contributed by atoms with Crippen molar-refractivity contribution < 1.29 is 0 Å². The van der Waals surface area contributed by atoms with Crippen LogP contribution in [0.3, 0.4) is 0 Å². The van der Waals surface area contributed by atoms with E-state index in [1.807, 2.05) is 11.8 Å². The highest BCUT2D eigenvalue weighted by atomic mass is 32.2. The Morgan fingerprint density at radius 3 is 2.53 bits per heavy atom. The van der Waals surface area contributed by atoms with E-state index in [1.165, 1.54) is 36.1 Å². The lowest BCUT2D eigenvalue weighted by Gasteiger charge is -2.09. The molecule has 0 aliphatic rings. The van der Waals surface area contributed by atoms with Gasteiger partial charge in [0.2, 0.25) is 0 Å². The van der Waals surface area contributed by atoms with Crippen LogP contribution >= 0.6 is 11.8 Å². The van der Waals surface area contributed by atoms with Gasteiger partial charge in [0.1, 0.15) is 0 Å². The number of nitrogens with one attached hydrogen (secondary N) is 1. The number of unbranched alkanes of at least 4 members (excludes halogenated alkanes) is 2. The summed E-state index contributed by atoms with van der Waals surface area (Å²) in [6.07, 6.45) is 7.32. The molecule has 0 aliphatic heterocycles. The Balaban J connectivity index is 2.13. The van der Waals surface area contributed by atoms with E-state index in [2.05, 4.69) is 42.8 Å². The highest BCUT2D eigenvalue weighted by Crippen LogP contribution is 2.09. The highest BCUT2D eigenvalue weighted by molar-refractivity contribution is 7.98. The fourth-order valence-corrected chi connectivity index (χ4v) is 2.46. The fraction of sp³-hybridized carbons (Fsp3) is 0.600. The van der Waals surface area contributed by atoms with Crippen molar-refractivity contribution in [2.75, 3.05) is 18.6 Å². The Bertz CT molecular complexity index is 299. The van der Waals surface area contributed by atoms with Crippen LogP contribution in [0.5, 0.6) is 0 Å². The van der Waals surface area contributed by atoms with Crippen LogP contribution in [0.4, 0.5) is 0 Å². The molecule has 17 heavy (non-hydrogen) atoms. The fourth-order valence-electron chi connectivity index (χ4n) is 1.97. The molecule has 0 unspecified atom stereocenters. The Hall–Kier alpha value is -0.470. The molecule has 1 nitrogen and oxygen atoms in total. The molecule has 0 amide bonds. The van der Waals surface area contributed by atoms with E-state index in [1.54, 1.807) is 0 Å². The van der Waals surface area contributed by atoms with Gasteiger partial charge in [0.05, 0.1) is 0 Å². The predicted molar refractivity (Wildman–Crippen MR) is 79.8 cm³/mol. The number of hydrogen-bond donors (Lipinski definition) is 1. The minimum absolute atomic E-state index is 1.02. The highest BCUT2D eigenvalue weighted by Gasteiger charge is 1.98. The maximum Gasteiger partial charge on any atom is 0.0208 e. The Morgan fingerprint density at radius 1 is 1.06 bits per heavy atom. The molecule has 1 rings (SSSR count). The van der Waals surface area contributed by atoms with Crippen LogP contribution in [0.1, 0.15) is 37.3 Å². The van der Waals surface area contributed by atoms with Gasteiger partial charge in [0.25, 0.3) is 0 Å². The Kier molecular flexibility index (Phi) is 8.20. The number of aryl methyl sites for hydroxylation is 1. The third-order valence-corrected chi connectivity index (χ3v) is 3.71. The van der Waals surface area contributed by atoms with Gasteiger partial charge in [-0.15, -0.1) is 0 Å². The second-order valence-corrected chi connectivity index (χ2v) is 5.34. The topological polar surface area (TPSA) is 12.0 Å². The van der Waals surface area contributed by atoms with Crippen LogP contribution in [-0.2, 0) is 13.0 Å². The van der Waals surface area contributed by atoms with Crippen LogP contribution in [0.25, 0.3) is 0 Å². The second kappa shape index (κ2) is 9.55. The van der Waals surface area contributed by atoms with Gasteiger partial charge < -0.3 is 5.32 Å². The Labute approximate surface area is 110 Å². The van der Waals surface area contributed by atoms with Gasteiger partial charge in [-0.1, -0.05) is 37.6 Å². The summed E-state index contributed by atoms with van der Waals surface area (Å²) in [5.41, 5.74) is 2.93. The van der Waals surface area contributed by atoms with Crippen molar-refractivity contribution in [2.45, 2.75) is 39.2 Å². The van der Waals surface area contributed by atoms with Gasteiger partial charge >= 0.3 is 0 Å². The number of thioether (sulfide) groups is 1. The van der Waals surface area contributed by atoms with Crippen molar-refractivity contribution in [3.63, 3.8) is 0 Å². The van der Waals surface area contributed by atoms with E-state index in [4.69, 9.17) is 0 Å². The minimum atomic E-state index is 1.02. The Morgan fingerprint density at radius 2 is 1.82 bits per heavy atom. The summed E-state index contributed by atoms with van der Waals surface area (Å²) in [6.45, 7) is 4.39. The van der Waals surface area contributed by atoms with Crippen LogP contribution in [0.15, 0.2) is 24.3 Å². The maximum atomic E-state index is 3.55. The van der Waals surface area contributed by atoms with Crippen molar-refractivity contribution in [1.29, 1.82) is 0 Å². The summed E-state index contributed by atoms with van der Waals surface area (Å²) in [5, 5.41) is 3.55. The first-order chi connectivity index (χ1) is 8.38. The summed E-state index contributed by atoms with van der Waals surface area (Å²) < 4.78 is 0. The van der Waals surface area contributed by atoms with E-state index in [0.717, 1.165) is 19.5 Å². The molecule has 2 heteroatoms. The molecule has 0 bridgehead atoms. The normalized spacial score (nSPS) is 10.7. The van der Waals surface area contributed by atoms with Crippen LogP contribution < -0.4 is 5.32 Å². The second-order valence-electron chi connectivity index (χ2n) is 4.35. The van der Waals surface area contributed by atoms with E-state index >= 15 is 0 Å². The first kappa shape index (κ1) is 14.6. The monoisotopic (exact) mass is 251 g/mol. The molecule has 0 aliphatic carbocycles. The third-order valence-electron chi connectivity index (χ3n) is 3.02. The molecule has 1 aromatic carbocycles. The first-order valence-corrected chi connectivity index (χ1v) is 8.04. The quantitative estimate of drug-likeness (QED) is 0.669. The number of rotatable bonds is 9. The van der Waals surface area contributed by atoms with Gasteiger partial charge in [0, 0.05) is 6.54 Å². The predicted octanol–water partition coefficient (Wildman–Crippen LogP) is 3.87. The molecule has 96 valence electrons. The van der Waals surface area contributed by atoms with Crippen molar-refractivity contribution in [3.8, 4) is 0 Å². The average Bonchev–Trinajstić information content (AvgIpc) is 2.38. The minimum Gasteiger partial charge on any atom is -0.313 e. The summed E-state index contributed by atoms with van der Waals surface area (Å²) in [4.78, 5) is 0. The van der Waals surface area contributed by atoms with Crippen molar-refractivity contribution in [2.24, 2.45) is 0 Å². The standard InChI is InChI=1S/C15H25NS/c1-3-14-9-5-6-10-15(14)13-16-11-7-4-8-12-17-2/h5-6,9-10,16H,3-4,7-8,11-13H2,1-2H3. The molecule has 1 aromatic rings. The molecule has 0 saturated carbocycles. The maximum absolute atomic E-state index is 3.55. The molecule has 0 spiro atoms. The smallest absolute Gasteiger partial charge is 0.0208 e. The first-order valence-electron chi connectivity index (χ1n) is 6.65. The summed E-state index contributed by atoms with van der Waals surface area (Å²) in [6, 6.07) is 8.73. The molecule has 0 aromatic heterocycles. The lowest BCUT2D eigenvalue weighted by atomic mass is 10.1. The molecule has 0 radical (unpaired) electrons. The van der Waals surface area contributed by atoms with Gasteiger partial charge in [-0.25, -0.2) is 0 Å². The van der Waals surface area contributed by atoms with Crippen molar-refractivity contribution in [1.82, 2.24) is 5.32 Å². The molecule has 0 atom stereocenters. The molecule has 0 heterocycles. The van der Waals surface area contributed by atoms with Gasteiger partial charge in [0.15, 0.2) is 0 Å². The lowest BCUT2D eigenvalue weighted by Crippen LogP contribution is -2.15. The zero-order chi connectivity index (χ0) is 12.3. The van der Waals surface area contributed by atoms with E-state index in [-0.39, 0.29) is 0 Å². The average molecular weight is 251 g/mol. The van der Waals surface area contributed by atoms with Gasteiger partial charge in [-0.2, -0.15) is 11.8 Å². The van der Waals surface area contributed by atoms with E-state index in [0.29, 0.717) is 0 Å². The zero-order valence-corrected chi connectivity index (χ0v) is 12.0. The van der Waals surface area contributed by atoms with Crippen molar-refractivity contribution in [3.05, 3.63) is 35.4 Å². The van der Waals surface area contributed by atoms with E-state index < -0.39 is 0 Å². The largest absolute Gasteiger partial charge is 0.313 e. The van der Waals surface area contributed by atoms with Gasteiger partial charge in [-0.05, 0) is 48.9 Å². The SMILES string of the molecule is CCc1ccccc1CNCCCCCSC. The van der Waals surface area contributed by atoms with E-state index in [9.17, 15) is 0 Å². The summed E-state index contributed by atoms with van der Waals surface area (Å²) >= 11 is 1.95. The molecule has 1 N–H and O–H groups in total. The molecular formula is C15H25NS. The lowest BCUT2D eigenvalue weighted by molar-refractivity contribution is 0.616. The van der Waals surface area contributed by atoms with Gasteiger partial charge in [-0.3, -0.25) is 0 Å². The molecule has 0 fully saturated rings. The summed E-state index contributed by atoms with van der Waals surface area (Å²) in [5.74, 6) is 1.30. The van der Waals surface area contributed by atoms with Crippen LogP contribution in [0.2, 0.25) is 0 Å². The summed E-state index contributed by atoms with van der Waals surface area (Å²) in [7, 11) is 0. The molecule has 0 saturated heterocycles. The number of benzene rings is 1.